The van der Waals surface area contributed by atoms with Gasteiger partial charge in [0.15, 0.2) is 0 Å². The molecule has 0 aliphatic rings. The molecule has 0 radical (unpaired) electrons. The minimum atomic E-state index is -0.940. The van der Waals surface area contributed by atoms with Crippen LogP contribution >= 0.6 is 0 Å². The first kappa shape index (κ1) is 28.1. The molecule has 7 heteroatoms. The van der Waals surface area contributed by atoms with Gasteiger partial charge in [-0.05, 0) is 38.5 Å². The summed E-state index contributed by atoms with van der Waals surface area (Å²) in [5.74, 6) is -2.82. The fourth-order valence-electron chi connectivity index (χ4n) is 3.66. The highest BCUT2D eigenvalue weighted by molar-refractivity contribution is 5.67. The lowest BCUT2D eigenvalue weighted by Gasteiger charge is -2.38. The molecule has 0 aliphatic carbocycles. The molecule has 0 atom stereocenters. The van der Waals surface area contributed by atoms with E-state index in [-0.39, 0.29) is 43.4 Å². The molecule has 0 aromatic rings. The van der Waals surface area contributed by atoms with Crippen molar-refractivity contribution in [1.29, 1.82) is 0 Å². The number of nitrogens with zero attached hydrogens (tertiary/aromatic N) is 1. The van der Waals surface area contributed by atoms with Gasteiger partial charge in [0.1, 0.15) is 0 Å². The number of carbonyl (C=O) groups is 3. The number of allylic oxidation sites excluding steroid dienone is 2. The van der Waals surface area contributed by atoms with Gasteiger partial charge in [0.05, 0.1) is 45.4 Å². The second-order valence-corrected chi connectivity index (χ2v) is 8.19. The summed E-state index contributed by atoms with van der Waals surface area (Å²) >= 11 is 0. The van der Waals surface area contributed by atoms with Crippen LogP contribution in [-0.4, -0.2) is 63.9 Å². The number of aliphatic carboxylic acids is 3. The van der Waals surface area contributed by atoms with Gasteiger partial charge in [-0.25, -0.2) is 0 Å². The standard InChI is InChI=1S/C23H41NO6/c1-2-3-4-5-6-7-8-9-10-11-12-13-17-24(18-14-21(25)26,19-15-22(27)28)20-16-23(29)30/h7-8H,2-6,9-20H2,1H3,(H2-,25,26,27,28,29,30)/p+1/b8-7+. The highest BCUT2D eigenvalue weighted by Gasteiger charge is 2.29. The molecule has 0 fully saturated rings. The van der Waals surface area contributed by atoms with Gasteiger partial charge in [-0.1, -0.05) is 44.8 Å². The molecule has 0 rings (SSSR count). The van der Waals surface area contributed by atoms with E-state index in [9.17, 15) is 14.4 Å². The van der Waals surface area contributed by atoms with Crippen molar-refractivity contribution in [3.63, 3.8) is 0 Å². The lowest BCUT2D eigenvalue weighted by molar-refractivity contribution is -0.927. The Morgan fingerprint density at radius 2 is 1.00 bits per heavy atom. The van der Waals surface area contributed by atoms with Crippen LogP contribution in [0.4, 0.5) is 0 Å². The van der Waals surface area contributed by atoms with E-state index in [0.717, 1.165) is 38.5 Å². The molecule has 0 unspecified atom stereocenters. The fraction of sp³-hybridized carbons (Fsp3) is 0.783. The SMILES string of the molecule is CCCCCC/C=C/CCCCCC[N+](CCC(=O)O)(CCC(=O)O)CCC(=O)O. The second-order valence-electron chi connectivity index (χ2n) is 8.19. The third-order valence-corrected chi connectivity index (χ3v) is 5.54. The molecule has 0 aromatic carbocycles. The van der Waals surface area contributed by atoms with Gasteiger partial charge in [-0.15, -0.1) is 0 Å². The third kappa shape index (κ3) is 17.0. The van der Waals surface area contributed by atoms with Crippen LogP contribution in [0.5, 0.6) is 0 Å². The lowest BCUT2D eigenvalue weighted by Crippen LogP contribution is -2.52. The molecule has 0 bridgehead atoms. The highest BCUT2D eigenvalue weighted by Crippen LogP contribution is 2.16. The summed E-state index contributed by atoms with van der Waals surface area (Å²) < 4.78 is 0.253. The van der Waals surface area contributed by atoms with Gasteiger partial charge >= 0.3 is 17.9 Å². The average molecular weight is 429 g/mol. The number of hydrogen-bond donors (Lipinski definition) is 3. The molecule has 7 nitrogen and oxygen atoms in total. The molecule has 0 heterocycles. The smallest absolute Gasteiger partial charge is 0.309 e. The Labute approximate surface area is 181 Å². The van der Waals surface area contributed by atoms with E-state index in [0.29, 0.717) is 6.54 Å². The highest BCUT2D eigenvalue weighted by atomic mass is 16.4. The molecular formula is C23H42NO6+. The van der Waals surface area contributed by atoms with Gasteiger partial charge in [-0.3, -0.25) is 14.4 Å². The summed E-state index contributed by atoms with van der Waals surface area (Å²) in [6, 6.07) is 0. The Morgan fingerprint density at radius 3 is 1.40 bits per heavy atom. The Bertz CT molecular complexity index is 472. The first-order valence-electron chi connectivity index (χ1n) is 11.5. The van der Waals surface area contributed by atoms with E-state index >= 15 is 0 Å². The number of hydrogen-bond acceptors (Lipinski definition) is 3. The summed E-state index contributed by atoms with van der Waals surface area (Å²) in [7, 11) is 0. The van der Waals surface area contributed by atoms with Crippen molar-refractivity contribution in [2.24, 2.45) is 0 Å². The van der Waals surface area contributed by atoms with Crippen molar-refractivity contribution in [1.82, 2.24) is 0 Å². The van der Waals surface area contributed by atoms with Crippen LogP contribution < -0.4 is 0 Å². The van der Waals surface area contributed by atoms with Crippen molar-refractivity contribution in [3.05, 3.63) is 12.2 Å². The Morgan fingerprint density at radius 1 is 0.600 bits per heavy atom. The zero-order chi connectivity index (χ0) is 22.7. The number of quaternary nitrogens is 1. The van der Waals surface area contributed by atoms with Crippen LogP contribution in [0.15, 0.2) is 12.2 Å². The van der Waals surface area contributed by atoms with E-state index in [4.69, 9.17) is 15.3 Å². The molecule has 0 aliphatic heterocycles. The van der Waals surface area contributed by atoms with Gasteiger partial charge in [-0.2, -0.15) is 0 Å². The number of unbranched alkanes of at least 4 members (excludes halogenated alkanes) is 8. The monoisotopic (exact) mass is 428 g/mol. The lowest BCUT2D eigenvalue weighted by atomic mass is 10.1. The third-order valence-electron chi connectivity index (χ3n) is 5.54. The molecule has 30 heavy (non-hydrogen) atoms. The predicted molar refractivity (Wildman–Crippen MR) is 117 cm³/mol. The average Bonchev–Trinajstić information content (AvgIpc) is 2.69. The molecule has 0 aromatic heterocycles. The van der Waals surface area contributed by atoms with E-state index in [1.807, 2.05) is 0 Å². The molecule has 3 N–H and O–H groups in total. The van der Waals surface area contributed by atoms with Crippen molar-refractivity contribution in [2.45, 2.75) is 90.4 Å². The normalized spacial score (nSPS) is 11.8. The number of carboxylic acid groups (broad SMARTS) is 3. The van der Waals surface area contributed by atoms with E-state index in [2.05, 4.69) is 19.1 Å². The van der Waals surface area contributed by atoms with Crippen LogP contribution in [0.3, 0.4) is 0 Å². The zero-order valence-electron chi connectivity index (χ0n) is 18.7. The van der Waals surface area contributed by atoms with Crippen molar-refractivity contribution >= 4 is 17.9 Å². The van der Waals surface area contributed by atoms with Crippen LogP contribution in [0, 0.1) is 0 Å². The first-order valence-corrected chi connectivity index (χ1v) is 11.5. The minimum absolute atomic E-state index is 0.0811. The van der Waals surface area contributed by atoms with Gasteiger partial charge in [0, 0.05) is 0 Å². The first-order chi connectivity index (χ1) is 14.3. The molecule has 0 saturated heterocycles. The topological polar surface area (TPSA) is 112 Å². The Hall–Kier alpha value is -1.89. The van der Waals surface area contributed by atoms with Gasteiger partial charge in [0.2, 0.25) is 0 Å². The largest absolute Gasteiger partial charge is 0.481 e. The van der Waals surface area contributed by atoms with Crippen molar-refractivity contribution in [2.75, 3.05) is 26.2 Å². The maximum Gasteiger partial charge on any atom is 0.309 e. The van der Waals surface area contributed by atoms with Crippen molar-refractivity contribution in [3.8, 4) is 0 Å². The fourth-order valence-corrected chi connectivity index (χ4v) is 3.66. The second kappa shape index (κ2) is 17.9. The molecule has 0 amide bonds. The molecule has 174 valence electrons. The Balaban J connectivity index is 4.39. The molecule has 0 saturated carbocycles. The van der Waals surface area contributed by atoms with Crippen molar-refractivity contribution < 1.29 is 34.2 Å². The van der Waals surface area contributed by atoms with Crippen LogP contribution in [-0.2, 0) is 14.4 Å². The van der Waals surface area contributed by atoms with E-state index < -0.39 is 17.9 Å². The summed E-state index contributed by atoms with van der Waals surface area (Å²) in [5, 5.41) is 27.2. The van der Waals surface area contributed by atoms with Gasteiger partial charge < -0.3 is 19.8 Å². The van der Waals surface area contributed by atoms with Crippen LogP contribution in [0.2, 0.25) is 0 Å². The summed E-state index contributed by atoms with van der Waals surface area (Å²) in [4.78, 5) is 33.1. The maximum absolute atomic E-state index is 11.0. The zero-order valence-corrected chi connectivity index (χ0v) is 18.7. The van der Waals surface area contributed by atoms with Crippen LogP contribution in [0.25, 0.3) is 0 Å². The Kier molecular flexibility index (Phi) is 16.8. The number of rotatable bonds is 21. The minimum Gasteiger partial charge on any atom is -0.481 e. The quantitative estimate of drug-likeness (QED) is 0.139. The molecular weight excluding hydrogens is 386 g/mol. The van der Waals surface area contributed by atoms with E-state index in [1.54, 1.807) is 0 Å². The van der Waals surface area contributed by atoms with Gasteiger partial charge in [0.25, 0.3) is 0 Å². The number of carboxylic acids is 3. The maximum atomic E-state index is 11.0. The molecule has 0 spiro atoms. The summed E-state index contributed by atoms with van der Waals surface area (Å²) in [5.41, 5.74) is 0. The summed E-state index contributed by atoms with van der Waals surface area (Å²) in [6.45, 7) is 3.66. The van der Waals surface area contributed by atoms with E-state index in [1.165, 1.54) is 25.7 Å². The van der Waals surface area contributed by atoms with Crippen LogP contribution in [0.1, 0.15) is 90.4 Å². The summed E-state index contributed by atoms with van der Waals surface area (Å²) in [6.07, 6.45) is 15.6. The predicted octanol–water partition coefficient (Wildman–Crippen LogP) is 4.70.